The summed E-state index contributed by atoms with van der Waals surface area (Å²) in [7, 11) is 5.83. The Balaban J connectivity index is 4.09. The quantitative estimate of drug-likeness (QED) is 0.188. The molecule has 4 N–H and O–H groups in total. The molecule has 0 amide bonds. The first-order valence-corrected chi connectivity index (χ1v) is 6.30. The molecule has 0 saturated carbocycles. The highest BCUT2D eigenvalue weighted by atomic mass is 16.5. The zero-order chi connectivity index (χ0) is 14.0. The summed E-state index contributed by atoms with van der Waals surface area (Å²) in [6, 6.07) is 0. The number of aliphatic imine (C=N–C) groups is 1. The van der Waals surface area contributed by atoms with Crippen molar-refractivity contribution in [2.24, 2.45) is 16.3 Å². The van der Waals surface area contributed by atoms with Crippen LogP contribution < -0.4 is 16.6 Å². The van der Waals surface area contributed by atoms with E-state index in [0.29, 0.717) is 5.96 Å². The maximum absolute atomic E-state index is 5.43. The molecule has 0 aliphatic heterocycles. The van der Waals surface area contributed by atoms with E-state index in [1.165, 1.54) is 0 Å². The molecule has 6 heteroatoms. The number of rotatable bonds is 8. The second-order valence-electron chi connectivity index (χ2n) is 5.48. The van der Waals surface area contributed by atoms with Crippen molar-refractivity contribution in [2.75, 3.05) is 47.4 Å². The number of nitrogens with one attached hydrogen (secondary N) is 2. The van der Waals surface area contributed by atoms with Crippen LogP contribution >= 0.6 is 0 Å². The van der Waals surface area contributed by atoms with Gasteiger partial charge in [0.2, 0.25) is 5.96 Å². The third-order valence-corrected chi connectivity index (χ3v) is 2.36. The van der Waals surface area contributed by atoms with Crippen LogP contribution in [0.15, 0.2) is 4.99 Å². The van der Waals surface area contributed by atoms with E-state index in [9.17, 15) is 0 Å². The first-order valence-electron chi connectivity index (χ1n) is 6.30. The monoisotopic (exact) mass is 259 g/mol. The van der Waals surface area contributed by atoms with E-state index in [0.717, 1.165) is 32.7 Å². The third kappa shape index (κ3) is 9.21. The van der Waals surface area contributed by atoms with Crippen LogP contribution in [0.3, 0.4) is 0 Å². The largest absolute Gasteiger partial charge is 0.385 e. The molecule has 0 atom stereocenters. The molecular weight excluding hydrogens is 230 g/mol. The van der Waals surface area contributed by atoms with Crippen LogP contribution in [0.5, 0.6) is 0 Å². The number of guanidine groups is 1. The van der Waals surface area contributed by atoms with Crippen LogP contribution in [-0.2, 0) is 4.74 Å². The molecule has 0 aromatic rings. The van der Waals surface area contributed by atoms with Crippen LogP contribution in [0.4, 0.5) is 0 Å². The van der Waals surface area contributed by atoms with Gasteiger partial charge in [-0.1, -0.05) is 13.8 Å². The molecule has 0 aliphatic rings. The lowest BCUT2D eigenvalue weighted by Crippen LogP contribution is -2.43. The highest BCUT2D eigenvalue weighted by molar-refractivity contribution is 5.79. The molecule has 108 valence electrons. The number of methoxy groups -OCH3 is 1. The molecule has 0 aliphatic carbocycles. The number of ether oxygens (including phenoxy) is 1. The Bertz CT molecular complexity index is 241. The molecule has 0 aromatic carbocycles. The summed E-state index contributed by atoms with van der Waals surface area (Å²) in [5.41, 5.74) is 2.71. The highest BCUT2D eigenvalue weighted by Crippen LogP contribution is 2.15. The van der Waals surface area contributed by atoms with Gasteiger partial charge in [-0.2, -0.15) is 0 Å². The van der Waals surface area contributed by atoms with Crippen molar-refractivity contribution in [2.45, 2.75) is 20.3 Å². The van der Waals surface area contributed by atoms with E-state index in [2.05, 4.69) is 48.6 Å². The van der Waals surface area contributed by atoms with Gasteiger partial charge in [0.25, 0.3) is 0 Å². The third-order valence-electron chi connectivity index (χ3n) is 2.36. The van der Waals surface area contributed by atoms with Crippen LogP contribution in [0.2, 0.25) is 0 Å². The summed E-state index contributed by atoms with van der Waals surface area (Å²) >= 11 is 0. The van der Waals surface area contributed by atoms with Crippen molar-refractivity contribution in [3.8, 4) is 0 Å². The van der Waals surface area contributed by atoms with E-state index in [1.54, 1.807) is 7.11 Å². The first kappa shape index (κ1) is 17.2. The lowest BCUT2D eigenvalue weighted by Gasteiger charge is -2.26. The summed E-state index contributed by atoms with van der Waals surface area (Å²) in [6.45, 7) is 7.62. The van der Waals surface area contributed by atoms with Crippen molar-refractivity contribution >= 4 is 5.96 Å². The fraction of sp³-hybridized carbons (Fsp3) is 0.917. The molecule has 6 nitrogen and oxygen atoms in total. The Morgan fingerprint density at radius 1 is 1.39 bits per heavy atom. The molecule has 0 heterocycles. The van der Waals surface area contributed by atoms with Crippen LogP contribution in [0, 0.1) is 5.41 Å². The minimum absolute atomic E-state index is 0.125. The van der Waals surface area contributed by atoms with E-state index in [1.807, 2.05) is 0 Å². The van der Waals surface area contributed by atoms with Gasteiger partial charge in [0.05, 0.1) is 0 Å². The topological polar surface area (TPSA) is 74.9 Å². The molecule has 0 spiro atoms. The van der Waals surface area contributed by atoms with Crippen molar-refractivity contribution in [1.29, 1.82) is 0 Å². The molecule has 0 radical (unpaired) electrons. The average molecular weight is 259 g/mol. The highest BCUT2D eigenvalue weighted by Gasteiger charge is 2.18. The zero-order valence-electron chi connectivity index (χ0n) is 12.4. The maximum atomic E-state index is 5.43. The second kappa shape index (κ2) is 9.13. The van der Waals surface area contributed by atoms with E-state index in [-0.39, 0.29) is 5.41 Å². The lowest BCUT2D eigenvalue weighted by molar-refractivity contribution is 0.195. The molecule has 0 unspecified atom stereocenters. The zero-order valence-corrected chi connectivity index (χ0v) is 12.4. The second-order valence-corrected chi connectivity index (χ2v) is 5.48. The van der Waals surface area contributed by atoms with Crippen molar-refractivity contribution in [3.63, 3.8) is 0 Å². The molecule has 0 saturated heterocycles. The van der Waals surface area contributed by atoms with Gasteiger partial charge in [-0.05, 0) is 25.9 Å². The predicted molar refractivity (Wildman–Crippen MR) is 76.5 cm³/mol. The summed E-state index contributed by atoms with van der Waals surface area (Å²) < 4.78 is 4.98. The number of nitrogens with two attached hydrogens (primary N) is 1. The van der Waals surface area contributed by atoms with E-state index >= 15 is 0 Å². The normalized spacial score (nSPS) is 12.9. The van der Waals surface area contributed by atoms with Crippen molar-refractivity contribution < 1.29 is 4.74 Å². The minimum atomic E-state index is 0.125. The van der Waals surface area contributed by atoms with Gasteiger partial charge in [0.1, 0.15) is 0 Å². The van der Waals surface area contributed by atoms with Gasteiger partial charge >= 0.3 is 0 Å². The minimum Gasteiger partial charge on any atom is -0.385 e. The number of hydrazine groups is 1. The van der Waals surface area contributed by atoms with Gasteiger partial charge in [-0.15, -0.1) is 0 Å². The SMILES string of the molecule is COCCCNC(=NCC(C)(C)CN(C)C)NN. The molecule has 0 rings (SSSR count). The van der Waals surface area contributed by atoms with Gasteiger partial charge in [-0.3, -0.25) is 10.4 Å². The Morgan fingerprint density at radius 3 is 2.56 bits per heavy atom. The van der Waals surface area contributed by atoms with Crippen LogP contribution in [0.1, 0.15) is 20.3 Å². The Kier molecular flexibility index (Phi) is 8.70. The van der Waals surface area contributed by atoms with Crippen LogP contribution in [0.25, 0.3) is 0 Å². The molecule has 0 aromatic heterocycles. The summed E-state index contributed by atoms with van der Waals surface area (Å²) in [5, 5.41) is 3.15. The average Bonchev–Trinajstić information content (AvgIpc) is 2.26. The number of hydrogen-bond donors (Lipinski definition) is 3. The summed E-state index contributed by atoms with van der Waals surface area (Å²) in [5.74, 6) is 6.07. The van der Waals surface area contributed by atoms with Gasteiger partial charge < -0.3 is 15.0 Å². The lowest BCUT2D eigenvalue weighted by atomic mass is 9.93. The fourth-order valence-electron chi connectivity index (χ4n) is 1.78. The Labute approximate surface area is 111 Å². The van der Waals surface area contributed by atoms with Gasteiger partial charge in [0.15, 0.2) is 0 Å². The predicted octanol–water partition coefficient (Wildman–Crippen LogP) is 0.0196. The maximum Gasteiger partial charge on any atom is 0.205 e. The molecule has 0 fully saturated rings. The van der Waals surface area contributed by atoms with Crippen molar-refractivity contribution in [3.05, 3.63) is 0 Å². The Hall–Kier alpha value is -0.850. The molecule has 0 bridgehead atoms. The van der Waals surface area contributed by atoms with Gasteiger partial charge in [-0.25, -0.2) is 5.84 Å². The fourth-order valence-corrected chi connectivity index (χ4v) is 1.78. The number of hydrogen-bond acceptors (Lipinski definition) is 4. The number of nitrogens with zero attached hydrogens (tertiary/aromatic N) is 2. The summed E-state index contributed by atoms with van der Waals surface area (Å²) in [4.78, 5) is 6.63. The van der Waals surface area contributed by atoms with E-state index in [4.69, 9.17) is 10.6 Å². The molecular formula is C12H29N5O. The van der Waals surface area contributed by atoms with Crippen molar-refractivity contribution in [1.82, 2.24) is 15.6 Å². The first-order chi connectivity index (χ1) is 8.41. The smallest absolute Gasteiger partial charge is 0.205 e. The molecule has 18 heavy (non-hydrogen) atoms. The van der Waals surface area contributed by atoms with E-state index < -0.39 is 0 Å². The van der Waals surface area contributed by atoms with Crippen LogP contribution in [-0.4, -0.2) is 58.3 Å². The standard InChI is InChI=1S/C12H29N5O/c1-12(2,10-17(3)4)9-15-11(16-13)14-7-6-8-18-5/h6-10,13H2,1-5H3,(H2,14,15,16). The summed E-state index contributed by atoms with van der Waals surface area (Å²) in [6.07, 6.45) is 0.929. The van der Waals surface area contributed by atoms with Gasteiger partial charge in [0, 0.05) is 33.4 Å². The Morgan fingerprint density at radius 2 is 2.06 bits per heavy atom.